The van der Waals surface area contributed by atoms with E-state index in [9.17, 15) is 8.42 Å². The highest BCUT2D eigenvalue weighted by atomic mass is 36.1. The third-order valence-electron chi connectivity index (χ3n) is 0.352. The van der Waals surface area contributed by atoms with Crippen LogP contribution in [0.25, 0.3) is 0 Å². The molecule has 0 bridgehead atoms. The molecule has 80 valence electrons. The molecule has 0 heterocycles. The van der Waals surface area contributed by atoms with Gasteiger partial charge in [0.15, 0.2) is 67.4 Å². The topological polar surface area (TPSA) is 52.6 Å². The molecule has 0 aromatic heterocycles. The van der Waals surface area contributed by atoms with E-state index in [1.807, 2.05) is 0 Å². The molecular formula is Cl6O4P2S+2. The molecule has 0 spiro atoms. The van der Waals surface area contributed by atoms with Gasteiger partial charge in [-0.1, -0.05) is 0 Å². The zero-order valence-electron chi connectivity index (χ0n) is 5.20. The van der Waals surface area contributed by atoms with Crippen molar-refractivity contribution in [1.82, 2.24) is 0 Å². The molecule has 0 aliphatic carbocycles. The van der Waals surface area contributed by atoms with Crippen molar-refractivity contribution >= 4 is 88.9 Å². The quantitative estimate of drug-likeness (QED) is 0.650. The first-order valence-electron chi connectivity index (χ1n) is 2.05. The zero-order chi connectivity index (χ0) is 10.9. The lowest BCUT2D eigenvalue weighted by Gasteiger charge is -2.00. The van der Waals surface area contributed by atoms with E-state index in [-0.39, 0.29) is 0 Å². The van der Waals surface area contributed by atoms with Crippen LogP contribution in [0, 0.1) is 0 Å². The maximum Gasteiger partial charge on any atom is 0.473 e. The van der Waals surface area contributed by atoms with Crippen LogP contribution in [0.1, 0.15) is 0 Å². The third kappa shape index (κ3) is 10.7. The summed E-state index contributed by atoms with van der Waals surface area (Å²) in [6, 6.07) is 0. The Morgan fingerprint density at radius 1 is 0.769 bits per heavy atom. The largest absolute Gasteiger partial charge is 0.473 e. The Labute approximate surface area is 105 Å². The van der Waals surface area contributed by atoms with Crippen molar-refractivity contribution in [2.45, 2.75) is 0 Å². The summed E-state index contributed by atoms with van der Waals surface area (Å²) in [6.45, 7) is 0. The van der Waals surface area contributed by atoms with Crippen LogP contribution in [0.15, 0.2) is 0 Å². The molecule has 0 aromatic rings. The van der Waals surface area contributed by atoms with Gasteiger partial charge < -0.3 is 0 Å². The lowest BCUT2D eigenvalue weighted by atomic mass is 15.8. The molecule has 0 aliphatic heterocycles. The van der Waals surface area contributed by atoms with E-state index in [1.165, 1.54) is 0 Å². The SMILES string of the molecule is O=S(=O)(O[P+](Cl)(Cl)Cl)O[P+](Cl)(Cl)Cl. The van der Waals surface area contributed by atoms with E-state index < -0.39 is 21.5 Å². The fourth-order valence-electron chi connectivity index (χ4n) is 0.221. The summed E-state index contributed by atoms with van der Waals surface area (Å²) >= 11 is 30.5. The maximum absolute atomic E-state index is 10.8. The molecule has 0 atom stereocenters. The molecule has 0 N–H and O–H groups in total. The number of halogens is 6. The minimum absolute atomic E-state index is 3.58. The van der Waals surface area contributed by atoms with Gasteiger partial charge in [-0.15, -0.1) is 0 Å². The Kier molecular flexibility index (Phi) is 6.19. The summed E-state index contributed by atoms with van der Waals surface area (Å²) in [5.41, 5.74) is -7.16. The lowest BCUT2D eigenvalue weighted by molar-refractivity contribution is 0.430. The Balaban J connectivity index is 4.46. The van der Waals surface area contributed by atoms with Crippen LogP contribution >= 0.6 is 78.5 Å². The Bertz CT molecular complexity index is 237. The fraction of sp³-hybridized carbons (Fsp3) is 0. The van der Waals surface area contributed by atoms with Crippen molar-refractivity contribution in [3.05, 3.63) is 0 Å². The van der Waals surface area contributed by atoms with Gasteiger partial charge in [0, 0.05) is 0 Å². The minimum Gasteiger partial charge on any atom is -0.162 e. The lowest BCUT2D eigenvalue weighted by Crippen LogP contribution is -2.02. The fourth-order valence-corrected chi connectivity index (χ4v) is 5.96. The van der Waals surface area contributed by atoms with Gasteiger partial charge in [-0.3, -0.25) is 0 Å². The predicted molar refractivity (Wildman–Crippen MR) is 60.0 cm³/mol. The monoisotopic (exact) mass is 368 g/mol. The number of hydrogen-bond donors (Lipinski definition) is 0. The molecule has 0 amide bonds. The molecule has 0 saturated heterocycles. The van der Waals surface area contributed by atoms with Crippen molar-refractivity contribution < 1.29 is 16.4 Å². The van der Waals surface area contributed by atoms with Crippen LogP contribution in [0.2, 0.25) is 0 Å². The van der Waals surface area contributed by atoms with E-state index in [2.05, 4.69) is 7.94 Å². The van der Waals surface area contributed by atoms with E-state index >= 15 is 0 Å². The highest BCUT2D eigenvalue weighted by Crippen LogP contribution is 2.79. The summed E-state index contributed by atoms with van der Waals surface area (Å²) in [6.07, 6.45) is 0. The zero-order valence-corrected chi connectivity index (χ0v) is 12.3. The number of rotatable bonds is 4. The summed E-state index contributed by atoms with van der Waals surface area (Å²) in [5, 5.41) is 0. The van der Waals surface area contributed by atoms with Crippen LogP contribution in [0.3, 0.4) is 0 Å². The second-order valence-corrected chi connectivity index (χ2v) is 16.6. The molecule has 0 unspecified atom stereocenters. The van der Waals surface area contributed by atoms with Crippen LogP contribution < -0.4 is 0 Å². The van der Waals surface area contributed by atoms with E-state index in [4.69, 9.17) is 67.4 Å². The summed E-state index contributed by atoms with van der Waals surface area (Å²) in [7, 11) is -4.59. The molecule has 0 aromatic carbocycles. The molecule has 0 aliphatic rings. The second-order valence-electron chi connectivity index (χ2n) is 1.35. The van der Waals surface area contributed by atoms with Gasteiger partial charge in [0.1, 0.15) is 0 Å². The van der Waals surface area contributed by atoms with E-state index in [1.54, 1.807) is 0 Å². The summed E-state index contributed by atoms with van der Waals surface area (Å²) < 4.78 is 29.4. The molecule has 0 radical (unpaired) electrons. The van der Waals surface area contributed by atoms with E-state index in [0.29, 0.717) is 0 Å². The van der Waals surface area contributed by atoms with Gasteiger partial charge in [0.25, 0.3) is 0 Å². The highest BCUT2D eigenvalue weighted by Gasteiger charge is 2.51. The second kappa shape index (κ2) is 5.20. The minimum atomic E-state index is -4.59. The smallest absolute Gasteiger partial charge is 0.162 e. The maximum atomic E-state index is 10.8. The number of hydrogen-bond acceptors (Lipinski definition) is 4. The normalized spacial score (nSPS) is 14.6. The summed E-state index contributed by atoms with van der Waals surface area (Å²) in [4.78, 5) is 0. The van der Waals surface area contributed by atoms with Gasteiger partial charge in [0.2, 0.25) is 0 Å². The van der Waals surface area contributed by atoms with Gasteiger partial charge in [-0.05, 0) is 7.94 Å². The molecule has 0 saturated carbocycles. The van der Waals surface area contributed by atoms with Crippen LogP contribution in [0.5, 0.6) is 0 Å². The molecule has 13 heteroatoms. The van der Waals surface area contributed by atoms with Crippen molar-refractivity contribution in [1.29, 1.82) is 0 Å². The van der Waals surface area contributed by atoms with Crippen molar-refractivity contribution in [3.63, 3.8) is 0 Å². The molecule has 0 fully saturated rings. The molecule has 4 nitrogen and oxygen atoms in total. The molecular weight excluding hydrogens is 371 g/mol. The molecule has 13 heavy (non-hydrogen) atoms. The average Bonchev–Trinajstić information content (AvgIpc) is 1.43. The first kappa shape index (κ1) is 15.5. The van der Waals surface area contributed by atoms with Gasteiger partial charge in [0.05, 0.1) is 0 Å². The van der Waals surface area contributed by atoms with E-state index in [0.717, 1.165) is 0 Å². The van der Waals surface area contributed by atoms with Gasteiger partial charge in [-0.2, -0.15) is 8.42 Å². The summed E-state index contributed by atoms with van der Waals surface area (Å²) in [5.74, 6) is 0. The van der Waals surface area contributed by atoms with Crippen molar-refractivity contribution in [3.8, 4) is 0 Å². The van der Waals surface area contributed by atoms with Crippen LogP contribution in [-0.4, -0.2) is 8.42 Å². The Hall–Kier alpha value is 2.47. The van der Waals surface area contributed by atoms with Crippen LogP contribution in [-0.2, 0) is 18.3 Å². The highest BCUT2D eigenvalue weighted by molar-refractivity contribution is 8.34. The average molecular weight is 371 g/mol. The molecule has 0 rings (SSSR count). The van der Waals surface area contributed by atoms with Gasteiger partial charge >= 0.3 is 21.5 Å². The van der Waals surface area contributed by atoms with Crippen molar-refractivity contribution in [2.75, 3.05) is 0 Å². The third-order valence-corrected chi connectivity index (χ3v) is 6.21. The van der Waals surface area contributed by atoms with Gasteiger partial charge in [-0.25, -0.2) is 0 Å². The Morgan fingerprint density at radius 2 is 1.00 bits per heavy atom. The standard InChI is InChI=1S/Cl6O4P2S/c1-11(2,3)9-13(7,8)10-12(4,5)6/q+2. The predicted octanol–water partition coefficient (Wildman–Crippen LogP) is 5.05. The Morgan fingerprint density at radius 3 is 1.15 bits per heavy atom. The van der Waals surface area contributed by atoms with Crippen molar-refractivity contribution in [2.24, 2.45) is 0 Å². The first-order valence-corrected chi connectivity index (χ1v) is 12.2. The first-order chi connectivity index (χ1) is 5.41. The van der Waals surface area contributed by atoms with Crippen LogP contribution in [0.4, 0.5) is 0 Å².